The Bertz CT molecular complexity index is 340. The van der Waals surface area contributed by atoms with E-state index in [1.54, 1.807) is 0 Å². The van der Waals surface area contributed by atoms with Crippen molar-refractivity contribution in [2.75, 3.05) is 33.3 Å². The topological polar surface area (TPSA) is 24.5 Å². The van der Waals surface area contributed by atoms with Crippen molar-refractivity contribution in [3.05, 3.63) is 33.4 Å². The van der Waals surface area contributed by atoms with Gasteiger partial charge in [0.15, 0.2) is 0 Å². The monoisotopic (exact) mass is 346 g/mol. The molecule has 1 aromatic rings. The lowest BCUT2D eigenvalue weighted by atomic mass is 10.2. The van der Waals surface area contributed by atoms with Gasteiger partial charge in [0.2, 0.25) is 0 Å². The third kappa shape index (κ3) is 4.21. The van der Waals surface area contributed by atoms with Crippen molar-refractivity contribution < 1.29 is 4.74 Å². The van der Waals surface area contributed by atoms with E-state index >= 15 is 0 Å². The SMILES string of the molecule is CNCC1CN(Cc2ccc(I)cc2)CCO1. The summed E-state index contributed by atoms with van der Waals surface area (Å²) >= 11 is 2.34. The zero-order valence-corrected chi connectivity index (χ0v) is 12.3. The Morgan fingerprint density at radius 3 is 2.88 bits per heavy atom. The van der Waals surface area contributed by atoms with Crippen LogP contribution in [0.2, 0.25) is 0 Å². The first-order valence-corrected chi connectivity index (χ1v) is 7.09. The van der Waals surface area contributed by atoms with Crippen LogP contribution in [-0.2, 0) is 11.3 Å². The number of rotatable bonds is 4. The van der Waals surface area contributed by atoms with Crippen LogP contribution in [0.15, 0.2) is 24.3 Å². The number of nitrogens with one attached hydrogen (secondary N) is 1. The van der Waals surface area contributed by atoms with Gasteiger partial charge in [-0.05, 0) is 47.3 Å². The standard InChI is InChI=1S/C13H19IN2O/c1-15-8-13-10-16(6-7-17-13)9-11-2-4-12(14)5-3-11/h2-5,13,15H,6-10H2,1H3. The lowest BCUT2D eigenvalue weighted by molar-refractivity contribution is -0.0291. The summed E-state index contributed by atoms with van der Waals surface area (Å²) in [4.78, 5) is 2.47. The van der Waals surface area contributed by atoms with Crippen LogP contribution in [-0.4, -0.2) is 44.3 Å². The van der Waals surface area contributed by atoms with Crippen molar-refractivity contribution in [1.29, 1.82) is 0 Å². The molecule has 0 amide bonds. The predicted octanol–water partition coefficient (Wildman–Crippen LogP) is 1.71. The first-order chi connectivity index (χ1) is 8.28. The highest BCUT2D eigenvalue weighted by Crippen LogP contribution is 2.12. The Hall–Kier alpha value is -0.170. The first kappa shape index (κ1) is 13.3. The van der Waals surface area contributed by atoms with Gasteiger partial charge in [-0.1, -0.05) is 12.1 Å². The molecule has 94 valence electrons. The molecule has 1 unspecified atom stereocenters. The fourth-order valence-corrected chi connectivity index (χ4v) is 2.48. The van der Waals surface area contributed by atoms with Crippen molar-refractivity contribution in [2.24, 2.45) is 0 Å². The summed E-state index contributed by atoms with van der Waals surface area (Å²) < 4.78 is 6.99. The largest absolute Gasteiger partial charge is 0.374 e. The number of hydrogen-bond donors (Lipinski definition) is 1. The van der Waals surface area contributed by atoms with Gasteiger partial charge in [0, 0.05) is 29.7 Å². The third-order valence-corrected chi connectivity index (χ3v) is 3.69. The van der Waals surface area contributed by atoms with Crippen LogP contribution < -0.4 is 5.32 Å². The molecule has 0 aromatic heterocycles. The van der Waals surface area contributed by atoms with Gasteiger partial charge in [0.05, 0.1) is 12.7 Å². The van der Waals surface area contributed by atoms with Gasteiger partial charge in [-0.3, -0.25) is 4.90 Å². The molecule has 0 radical (unpaired) electrons. The predicted molar refractivity (Wildman–Crippen MR) is 78.1 cm³/mol. The molecule has 4 heteroatoms. The van der Waals surface area contributed by atoms with E-state index in [4.69, 9.17) is 4.74 Å². The summed E-state index contributed by atoms with van der Waals surface area (Å²) in [7, 11) is 1.97. The second kappa shape index (κ2) is 6.68. The maximum absolute atomic E-state index is 5.70. The first-order valence-electron chi connectivity index (χ1n) is 6.01. The Labute approximate surface area is 117 Å². The molecule has 1 aliphatic rings. The number of hydrogen-bond acceptors (Lipinski definition) is 3. The Kier molecular flexibility index (Phi) is 5.21. The van der Waals surface area contributed by atoms with E-state index in [-0.39, 0.29) is 0 Å². The van der Waals surface area contributed by atoms with E-state index in [9.17, 15) is 0 Å². The van der Waals surface area contributed by atoms with Crippen molar-refractivity contribution in [2.45, 2.75) is 12.6 Å². The molecule has 3 nitrogen and oxygen atoms in total. The molecule has 1 N–H and O–H groups in total. The lowest BCUT2D eigenvalue weighted by Crippen LogP contribution is -2.45. The van der Waals surface area contributed by atoms with E-state index in [0.29, 0.717) is 6.10 Å². The minimum absolute atomic E-state index is 0.331. The van der Waals surface area contributed by atoms with Gasteiger partial charge in [0.1, 0.15) is 0 Å². The second-order valence-electron chi connectivity index (χ2n) is 4.41. The molecular weight excluding hydrogens is 327 g/mol. The highest BCUT2D eigenvalue weighted by molar-refractivity contribution is 14.1. The van der Waals surface area contributed by atoms with Crippen LogP contribution in [0.5, 0.6) is 0 Å². The summed E-state index contributed by atoms with van der Waals surface area (Å²) in [5, 5.41) is 3.18. The maximum atomic E-state index is 5.70. The van der Waals surface area contributed by atoms with Crippen LogP contribution in [0.3, 0.4) is 0 Å². The van der Waals surface area contributed by atoms with Crippen molar-refractivity contribution in [1.82, 2.24) is 10.2 Å². The maximum Gasteiger partial charge on any atom is 0.0826 e. The molecule has 2 rings (SSSR count). The third-order valence-electron chi connectivity index (χ3n) is 2.97. The molecule has 0 spiro atoms. The van der Waals surface area contributed by atoms with Crippen molar-refractivity contribution in [3.63, 3.8) is 0 Å². The summed E-state index contributed by atoms with van der Waals surface area (Å²) in [6.45, 7) is 4.86. The van der Waals surface area contributed by atoms with Gasteiger partial charge in [-0.15, -0.1) is 0 Å². The number of ether oxygens (including phenoxy) is 1. The van der Waals surface area contributed by atoms with Gasteiger partial charge in [-0.25, -0.2) is 0 Å². The Balaban J connectivity index is 1.87. The number of morpholine rings is 1. The Morgan fingerprint density at radius 2 is 2.18 bits per heavy atom. The van der Waals surface area contributed by atoms with Crippen LogP contribution in [0, 0.1) is 3.57 Å². The van der Waals surface area contributed by atoms with Gasteiger partial charge in [0.25, 0.3) is 0 Å². The van der Waals surface area contributed by atoms with E-state index in [2.05, 4.69) is 57.1 Å². The number of benzene rings is 1. The molecule has 1 aliphatic heterocycles. The molecule has 1 heterocycles. The molecule has 0 bridgehead atoms. The van der Waals surface area contributed by atoms with Crippen LogP contribution in [0.4, 0.5) is 0 Å². The molecule has 17 heavy (non-hydrogen) atoms. The van der Waals surface area contributed by atoms with Gasteiger partial charge >= 0.3 is 0 Å². The van der Waals surface area contributed by atoms with Crippen molar-refractivity contribution in [3.8, 4) is 0 Å². The molecule has 1 atom stereocenters. The van der Waals surface area contributed by atoms with Crippen LogP contribution >= 0.6 is 22.6 Å². The molecule has 1 aromatic carbocycles. The quantitative estimate of drug-likeness (QED) is 0.841. The molecule has 1 saturated heterocycles. The fraction of sp³-hybridized carbons (Fsp3) is 0.538. The van der Waals surface area contributed by atoms with E-state index < -0.39 is 0 Å². The number of likely N-dealkylation sites (N-methyl/N-ethyl adjacent to an activating group) is 1. The highest BCUT2D eigenvalue weighted by Gasteiger charge is 2.19. The van der Waals surface area contributed by atoms with Gasteiger partial charge in [-0.2, -0.15) is 0 Å². The van der Waals surface area contributed by atoms with E-state index in [1.807, 2.05) is 7.05 Å². The minimum Gasteiger partial charge on any atom is -0.374 e. The van der Waals surface area contributed by atoms with Crippen molar-refractivity contribution >= 4 is 22.6 Å². The summed E-state index contributed by atoms with van der Waals surface area (Å²) in [6, 6.07) is 8.76. The number of halogens is 1. The molecular formula is C13H19IN2O. The second-order valence-corrected chi connectivity index (χ2v) is 5.66. The van der Waals surface area contributed by atoms with Crippen LogP contribution in [0.25, 0.3) is 0 Å². The normalized spacial score (nSPS) is 21.6. The average molecular weight is 346 g/mol. The fourth-order valence-electron chi connectivity index (χ4n) is 2.12. The number of nitrogens with zero attached hydrogens (tertiary/aromatic N) is 1. The highest BCUT2D eigenvalue weighted by atomic mass is 127. The smallest absolute Gasteiger partial charge is 0.0826 e. The van der Waals surface area contributed by atoms with E-state index in [1.165, 1.54) is 9.13 Å². The summed E-state index contributed by atoms with van der Waals surface area (Å²) in [5.41, 5.74) is 1.38. The lowest BCUT2D eigenvalue weighted by Gasteiger charge is -2.32. The summed E-state index contributed by atoms with van der Waals surface area (Å²) in [5.74, 6) is 0. The van der Waals surface area contributed by atoms with E-state index in [0.717, 1.165) is 32.8 Å². The molecule has 0 aliphatic carbocycles. The van der Waals surface area contributed by atoms with Gasteiger partial charge < -0.3 is 10.1 Å². The van der Waals surface area contributed by atoms with Crippen LogP contribution in [0.1, 0.15) is 5.56 Å². The minimum atomic E-state index is 0.331. The summed E-state index contributed by atoms with van der Waals surface area (Å²) in [6.07, 6.45) is 0.331. The Morgan fingerprint density at radius 1 is 1.41 bits per heavy atom. The zero-order chi connectivity index (χ0) is 12.1. The zero-order valence-electron chi connectivity index (χ0n) is 10.2. The average Bonchev–Trinajstić information content (AvgIpc) is 2.33. The molecule has 0 saturated carbocycles. The molecule has 1 fully saturated rings.